The van der Waals surface area contributed by atoms with Crippen LogP contribution in [0.3, 0.4) is 0 Å². The average Bonchev–Trinajstić information content (AvgIpc) is 2.63. The minimum Gasteiger partial charge on any atom is -0.395 e. The van der Waals surface area contributed by atoms with Crippen LogP contribution in [0.15, 0.2) is 0 Å². The van der Waals surface area contributed by atoms with Gasteiger partial charge in [-0.3, -0.25) is 9.80 Å². The summed E-state index contributed by atoms with van der Waals surface area (Å²) in [6, 6.07) is 0. The fourth-order valence-corrected chi connectivity index (χ4v) is 3.22. The zero-order chi connectivity index (χ0) is 23.8. The molecule has 184 valence electrons. The normalized spacial score (nSPS) is 10.9. The van der Waals surface area contributed by atoms with E-state index in [0.29, 0.717) is 39.3 Å². The van der Waals surface area contributed by atoms with Gasteiger partial charge in [0.1, 0.15) is 0 Å². The van der Waals surface area contributed by atoms with Gasteiger partial charge in [-0.05, 0) is 0 Å². The third kappa shape index (κ3) is 30.3. The van der Waals surface area contributed by atoms with Gasteiger partial charge in [0, 0.05) is 39.3 Å². The molecular formula is C18H44N2O9Ti. The quantitative estimate of drug-likeness (QED) is 0.138. The summed E-state index contributed by atoms with van der Waals surface area (Å²) in [4.78, 5) is 3.58. The summed E-state index contributed by atoms with van der Waals surface area (Å²) in [6.07, 6.45) is 0.0116. The molecule has 11 nitrogen and oxygen atoms in total. The summed E-state index contributed by atoms with van der Waals surface area (Å²) >= 11 is -2.81. The largest absolute Gasteiger partial charge is 0.395 e. The van der Waals surface area contributed by atoms with E-state index in [4.69, 9.17) is 37.3 Å². The molecule has 0 aliphatic heterocycles. The Morgan fingerprint density at radius 2 is 0.767 bits per heavy atom. The number of nitrogens with zero attached hydrogens (tertiary/aromatic N) is 2. The second kappa shape index (κ2) is 27.1. The summed E-state index contributed by atoms with van der Waals surface area (Å²) in [6.45, 7) is 10.9. The van der Waals surface area contributed by atoms with Gasteiger partial charge in [-0.15, -0.1) is 0 Å². The first-order valence-electron chi connectivity index (χ1n) is 10.2. The van der Waals surface area contributed by atoms with Gasteiger partial charge in [-0.1, -0.05) is 0 Å². The first kappa shape index (κ1) is 34.7. The SMILES string of the molecule is CC(C)[O][Ti](=[O])[O]C(C)C.OCCN(CCO)CCO.OCCN(CCO)CCO. The van der Waals surface area contributed by atoms with Crippen molar-refractivity contribution in [2.24, 2.45) is 0 Å². The molecule has 12 heteroatoms. The molecule has 0 rings (SSSR count). The van der Waals surface area contributed by atoms with Gasteiger partial charge >= 0.3 is 68.5 Å². The molecule has 0 spiro atoms. The van der Waals surface area contributed by atoms with Crippen LogP contribution in [0, 0.1) is 0 Å². The summed E-state index contributed by atoms with van der Waals surface area (Å²) in [5, 5.41) is 50.9. The Morgan fingerprint density at radius 1 is 0.567 bits per heavy atom. The van der Waals surface area contributed by atoms with Crippen LogP contribution in [0.2, 0.25) is 0 Å². The minimum absolute atomic E-state index is 0.00579. The van der Waals surface area contributed by atoms with Crippen LogP contribution in [0.5, 0.6) is 0 Å². The van der Waals surface area contributed by atoms with E-state index in [-0.39, 0.29) is 51.8 Å². The molecule has 0 saturated heterocycles. The van der Waals surface area contributed by atoms with Crippen molar-refractivity contribution < 1.29 is 59.2 Å². The van der Waals surface area contributed by atoms with Crippen molar-refractivity contribution in [2.75, 3.05) is 78.9 Å². The zero-order valence-corrected chi connectivity index (χ0v) is 20.5. The van der Waals surface area contributed by atoms with E-state index in [1.807, 2.05) is 27.7 Å². The van der Waals surface area contributed by atoms with Crippen molar-refractivity contribution in [3.05, 3.63) is 0 Å². The smallest absolute Gasteiger partial charge is 0.0558 e. The molecule has 0 bridgehead atoms. The van der Waals surface area contributed by atoms with E-state index in [1.54, 1.807) is 9.80 Å². The van der Waals surface area contributed by atoms with E-state index < -0.39 is 18.6 Å². The molecule has 30 heavy (non-hydrogen) atoms. The van der Waals surface area contributed by atoms with Crippen LogP contribution in [0.4, 0.5) is 0 Å². The molecule has 0 saturated carbocycles. The Kier molecular flexibility index (Phi) is 31.4. The van der Waals surface area contributed by atoms with Crippen LogP contribution >= 0.6 is 0 Å². The Hall–Kier alpha value is 0.114. The van der Waals surface area contributed by atoms with E-state index in [9.17, 15) is 3.32 Å². The van der Waals surface area contributed by atoms with Crippen LogP contribution in [0.1, 0.15) is 27.7 Å². The maximum Gasteiger partial charge on any atom is 0.0558 e. The van der Waals surface area contributed by atoms with Crippen LogP contribution in [0.25, 0.3) is 0 Å². The molecular weight excluding hydrogens is 436 g/mol. The molecule has 0 aromatic carbocycles. The van der Waals surface area contributed by atoms with Crippen LogP contribution < -0.4 is 0 Å². The molecule has 0 atom stereocenters. The topological polar surface area (TPSA) is 163 Å². The molecule has 6 N–H and O–H groups in total. The van der Waals surface area contributed by atoms with E-state index in [1.165, 1.54) is 0 Å². The number of hydrogen-bond acceptors (Lipinski definition) is 11. The monoisotopic (exact) mass is 480 g/mol. The predicted octanol–water partition coefficient (Wildman–Crippen LogP) is -1.84. The zero-order valence-electron chi connectivity index (χ0n) is 18.9. The van der Waals surface area contributed by atoms with Crippen molar-refractivity contribution in [1.82, 2.24) is 9.80 Å². The molecule has 0 amide bonds. The van der Waals surface area contributed by atoms with Crippen molar-refractivity contribution in [3.8, 4) is 0 Å². The maximum atomic E-state index is 10.9. The van der Waals surface area contributed by atoms with Gasteiger partial charge in [0.25, 0.3) is 0 Å². The third-order valence-corrected chi connectivity index (χ3v) is 5.23. The molecule has 0 aromatic heterocycles. The summed E-state index contributed by atoms with van der Waals surface area (Å²) in [7, 11) is 0. The Balaban J connectivity index is -0.000000364. The van der Waals surface area contributed by atoms with E-state index >= 15 is 0 Å². The number of aliphatic hydroxyl groups excluding tert-OH is 6. The van der Waals surface area contributed by atoms with Gasteiger partial charge in [-0.2, -0.15) is 0 Å². The van der Waals surface area contributed by atoms with E-state index in [0.717, 1.165) is 0 Å². The molecule has 0 heterocycles. The van der Waals surface area contributed by atoms with Gasteiger partial charge in [0.05, 0.1) is 39.6 Å². The van der Waals surface area contributed by atoms with Crippen molar-refractivity contribution >= 4 is 0 Å². The molecule has 0 unspecified atom stereocenters. The second-order valence-electron chi connectivity index (χ2n) is 6.61. The van der Waals surface area contributed by atoms with Crippen molar-refractivity contribution in [3.63, 3.8) is 0 Å². The van der Waals surface area contributed by atoms with Gasteiger partial charge < -0.3 is 30.6 Å². The summed E-state index contributed by atoms with van der Waals surface area (Å²) in [5.41, 5.74) is 0. The summed E-state index contributed by atoms with van der Waals surface area (Å²) < 4.78 is 20.8. The predicted molar refractivity (Wildman–Crippen MR) is 109 cm³/mol. The average molecular weight is 480 g/mol. The number of rotatable bonds is 16. The van der Waals surface area contributed by atoms with Gasteiger partial charge in [-0.25, -0.2) is 0 Å². The van der Waals surface area contributed by atoms with Crippen LogP contribution in [-0.4, -0.2) is 132 Å². The molecule has 0 radical (unpaired) electrons. The summed E-state index contributed by atoms with van der Waals surface area (Å²) in [5.74, 6) is 0. The second-order valence-corrected chi connectivity index (χ2v) is 8.13. The Bertz CT molecular complexity index is 295. The molecule has 0 aromatic rings. The van der Waals surface area contributed by atoms with Gasteiger partial charge in [0.15, 0.2) is 0 Å². The number of hydrogen-bond donors (Lipinski definition) is 6. The molecule has 0 aliphatic carbocycles. The third-order valence-electron chi connectivity index (χ3n) is 3.16. The number of aliphatic hydroxyl groups is 6. The Labute approximate surface area is 187 Å². The first-order valence-corrected chi connectivity index (χ1v) is 12.1. The van der Waals surface area contributed by atoms with Crippen molar-refractivity contribution in [2.45, 2.75) is 39.9 Å². The molecule has 0 aliphatic rings. The van der Waals surface area contributed by atoms with Crippen LogP contribution in [-0.2, 0) is 28.6 Å². The standard InChI is InChI=1S/2C6H15NO3.2C3H7O.O.Ti/c2*8-4-1-7(2-5-9)3-6-10;2*1-3(2)4;;/h2*8-10H,1-6H2;2*3H,1-2H3;;/q;;2*-1;;+2. The Morgan fingerprint density at radius 3 is 0.900 bits per heavy atom. The fourth-order valence-electron chi connectivity index (χ4n) is 1.93. The fraction of sp³-hybridized carbons (Fsp3) is 1.00. The minimum atomic E-state index is -2.81. The van der Waals surface area contributed by atoms with Crippen molar-refractivity contribution in [1.29, 1.82) is 0 Å². The molecule has 0 fully saturated rings. The van der Waals surface area contributed by atoms with Gasteiger partial charge in [0.2, 0.25) is 0 Å². The first-order chi connectivity index (χ1) is 14.2. The maximum absolute atomic E-state index is 10.9. The van der Waals surface area contributed by atoms with E-state index in [2.05, 4.69) is 0 Å².